The lowest BCUT2D eigenvalue weighted by molar-refractivity contribution is -0.215. The number of alkyl halides is 3. The van der Waals surface area contributed by atoms with Gasteiger partial charge in [0.15, 0.2) is 6.10 Å². The maximum Gasteiger partial charge on any atom is 0.418 e. The van der Waals surface area contributed by atoms with Crippen LogP contribution in [0.5, 0.6) is 5.75 Å². The highest BCUT2D eigenvalue weighted by atomic mass is 19.4. The number of carbonyl (C=O) groups is 1. The van der Waals surface area contributed by atoms with Crippen molar-refractivity contribution >= 4 is 5.97 Å². The van der Waals surface area contributed by atoms with E-state index < -0.39 is 18.2 Å². The summed E-state index contributed by atoms with van der Waals surface area (Å²) in [6, 6.07) is 13.3. The van der Waals surface area contributed by atoms with Crippen LogP contribution in [0.3, 0.4) is 0 Å². The third-order valence-corrected chi connectivity index (χ3v) is 2.94. The van der Waals surface area contributed by atoms with Crippen LogP contribution in [-0.4, -0.2) is 19.3 Å². The summed E-state index contributed by atoms with van der Waals surface area (Å²) in [6.45, 7) is 0. The Hall–Kier alpha value is -2.34. The molecule has 2 aromatic rings. The summed E-state index contributed by atoms with van der Waals surface area (Å²) in [5, 5.41) is 0. The van der Waals surface area contributed by atoms with Crippen molar-refractivity contribution in [3.63, 3.8) is 0 Å². The first kappa shape index (κ1) is 16.0. The van der Waals surface area contributed by atoms with E-state index in [1.807, 2.05) is 0 Å². The Labute approximate surface area is 125 Å². The zero-order valence-corrected chi connectivity index (χ0v) is 11.6. The molecular formula is C16H13F3O3. The van der Waals surface area contributed by atoms with Crippen molar-refractivity contribution in [3.05, 3.63) is 65.7 Å². The van der Waals surface area contributed by atoms with Gasteiger partial charge in [-0.3, -0.25) is 0 Å². The van der Waals surface area contributed by atoms with E-state index in [0.717, 1.165) is 7.11 Å². The number of para-hydroxylation sites is 1. The molecule has 0 aliphatic carbocycles. The van der Waals surface area contributed by atoms with Crippen LogP contribution in [0.25, 0.3) is 0 Å². The third kappa shape index (κ3) is 3.85. The average molecular weight is 310 g/mol. The van der Waals surface area contributed by atoms with Crippen molar-refractivity contribution in [1.29, 1.82) is 0 Å². The zero-order chi connectivity index (χ0) is 16.2. The molecule has 0 bridgehead atoms. The van der Waals surface area contributed by atoms with Crippen molar-refractivity contribution in [2.24, 2.45) is 0 Å². The summed E-state index contributed by atoms with van der Waals surface area (Å²) < 4.78 is 47.8. The Kier molecular flexibility index (Phi) is 4.82. The second-order valence-corrected chi connectivity index (χ2v) is 4.48. The largest absolute Gasteiger partial charge is 0.423 e. The summed E-state index contributed by atoms with van der Waals surface area (Å²) in [4.78, 5) is 11.9. The minimum absolute atomic E-state index is 0.0775. The molecule has 0 fully saturated rings. The number of benzene rings is 2. The van der Waals surface area contributed by atoms with Gasteiger partial charge in [0.25, 0.3) is 0 Å². The third-order valence-electron chi connectivity index (χ3n) is 2.94. The number of hydrogen-bond donors (Lipinski definition) is 0. The number of esters is 1. The van der Waals surface area contributed by atoms with Gasteiger partial charge in [-0.25, -0.2) is 4.79 Å². The van der Waals surface area contributed by atoms with Crippen LogP contribution in [-0.2, 0) is 4.74 Å². The van der Waals surface area contributed by atoms with E-state index in [-0.39, 0.29) is 11.1 Å². The molecule has 0 radical (unpaired) electrons. The summed E-state index contributed by atoms with van der Waals surface area (Å²) in [6.07, 6.45) is -6.53. The van der Waals surface area contributed by atoms with Gasteiger partial charge in [0, 0.05) is 7.11 Å². The van der Waals surface area contributed by atoms with Gasteiger partial charge in [-0.15, -0.1) is 0 Å². The average Bonchev–Trinajstić information content (AvgIpc) is 2.48. The quantitative estimate of drug-likeness (QED) is 0.628. The number of carbonyl (C=O) groups excluding carboxylic acids is 1. The molecule has 0 N–H and O–H groups in total. The predicted octanol–water partition coefficient (Wildman–Crippen LogP) is 4.16. The molecule has 1 atom stereocenters. The number of halogens is 3. The van der Waals surface area contributed by atoms with Crippen molar-refractivity contribution in [2.75, 3.05) is 7.11 Å². The standard InChI is InChI=1S/C16H13F3O3/c1-21-14(16(17,18)19)11-7-9-12(10-8-11)15(20)22-13-5-3-2-4-6-13/h2-10,14H,1H3. The van der Waals surface area contributed by atoms with Crippen molar-refractivity contribution < 1.29 is 27.4 Å². The van der Waals surface area contributed by atoms with E-state index in [4.69, 9.17) is 4.74 Å². The molecule has 0 heterocycles. The number of ether oxygens (including phenoxy) is 2. The van der Waals surface area contributed by atoms with E-state index >= 15 is 0 Å². The van der Waals surface area contributed by atoms with E-state index in [9.17, 15) is 18.0 Å². The van der Waals surface area contributed by atoms with Gasteiger partial charge in [0.2, 0.25) is 0 Å². The van der Waals surface area contributed by atoms with Gasteiger partial charge in [-0.05, 0) is 29.8 Å². The van der Waals surface area contributed by atoms with Gasteiger partial charge < -0.3 is 9.47 Å². The lowest BCUT2D eigenvalue weighted by atomic mass is 10.1. The maximum atomic E-state index is 12.7. The highest BCUT2D eigenvalue weighted by Crippen LogP contribution is 2.35. The van der Waals surface area contributed by atoms with Crippen molar-refractivity contribution in [2.45, 2.75) is 12.3 Å². The molecule has 1 unspecified atom stereocenters. The lowest BCUT2D eigenvalue weighted by Crippen LogP contribution is -2.22. The molecule has 0 saturated heterocycles. The minimum Gasteiger partial charge on any atom is -0.423 e. The Bertz CT molecular complexity index is 621. The monoisotopic (exact) mass is 310 g/mol. The van der Waals surface area contributed by atoms with Crippen LogP contribution >= 0.6 is 0 Å². The van der Waals surface area contributed by atoms with Crippen LogP contribution in [0.2, 0.25) is 0 Å². The second kappa shape index (κ2) is 6.62. The summed E-state index contributed by atoms with van der Waals surface area (Å²) in [5.74, 6) is -0.277. The van der Waals surface area contributed by atoms with Crippen LogP contribution in [0, 0.1) is 0 Å². The van der Waals surface area contributed by atoms with Crippen LogP contribution in [0.15, 0.2) is 54.6 Å². The first-order valence-corrected chi connectivity index (χ1v) is 6.38. The molecule has 2 aromatic carbocycles. The van der Waals surface area contributed by atoms with E-state index in [0.29, 0.717) is 5.75 Å². The Balaban J connectivity index is 2.13. The number of rotatable bonds is 4. The smallest absolute Gasteiger partial charge is 0.418 e. The molecule has 6 heteroatoms. The van der Waals surface area contributed by atoms with Crippen LogP contribution < -0.4 is 4.74 Å². The van der Waals surface area contributed by atoms with Gasteiger partial charge in [0.05, 0.1) is 5.56 Å². The molecule has 0 spiro atoms. The molecule has 0 aromatic heterocycles. The fraction of sp³-hybridized carbons (Fsp3) is 0.188. The van der Waals surface area contributed by atoms with Crippen LogP contribution in [0.1, 0.15) is 22.0 Å². The lowest BCUT2D eigenvalue weighted by Gasteiger charge is -2.19. The van der Waals surface area contributed by atoms with Gasteiger partial charge >= 0.3 is 12.1 Å². The molecule has 0 aliphatic heterocycles. The number of methoxy groups -OCH3 is 1. The summed E-state index contributed by atoms with van der Waals surface area (Å²) >= 11 is 0. The topological polar surface area (TPSA) is 35.5 Å². The first-order chi connectivity index (χ1) is 10.4. The van der Waals surface area contributed by atoms with E-state index in [1.54, 1.807) is 30.3 Å². The normalized spacial score (nSPS) is 12.7. The summed E-state index contributed by atoms with van der Waals surface area (Å²) in [5.41, 5.74) is 0.0795. The zero-order valence-electron chi connectivity index (χ0n) is 11.6. The SMILES string of the molecule is COC(c1ccc(C(=O)Oc2ccccc2)cc1)C(F)(F)F. The fourth-order valence-electron chi connectivity index (χ4n) is 1.91. The Morgan fingerprint density at radius 1 is 1.00 bits per heavy atom. The van der Waals surface area contributed by atoms with Gasteiger partial charge in [-0.1, -0.05) is 30.3 Å². The second-order valence-electron chi connectivity index (χ2n) is 4.48. The molecular weight excluding hydrogens is 297 g/mol. The molecule has 3 nitrogen and oxygen atoms in total. The van der Waals surface area contributed by atoms with Gasteiger partial charge in [-0.2, -0.15) is 13.2 Å². The number of hydrogen-bond acceptors (Lipinski definition) is 3. The van der Waals surface area contributed by atoms with Gasteiger partial charge in [0.1, 0.15) is 5.75 Å². The highest BCUT2D eigenvalue weighted by Gasteiger charge is 2.41. The molecule has 0 saturated carbocycles. The maximum absolute atomic E-state index is 12.7. The van der Waals surface area contributed by atoms with E-state index in [1.165, 1.54) is 24.3 Å². The molecule has 0 aliphatic rings. The summed E-state index contributed by atoms with van der Waals surface area (Å²) in [7, 11) is 0.982. The van der Waals surface area contributed by atoms with Crippen molar-refractivity contribution in [1.82, 2.24) is 0 Å². The first-order valence-electron chi connectivity index (χ1n) is 6.38. The van der Waals surface area contributed by atoms with Crippen molar-refractivity contribution in [3.8, 4) is 5.75 Å². The minimum atomic E-state index is -4.51. The Morgan fingerprint density at radius 2 is 1.59 bits per heavy atom. The predicted molar refractivity (Wildman–Crippen MR) is 73.6 cm³/mol. The molecule has 2 rings (SSSR count). The highest BCUT2D eigenvalue weighted by molar-refractivity contribution is 5.91. The molecule has 22 heavy (non-hydrogen) atoms. The molecule has 116 valence electrons. The Morgan fingerprint density at radius 3 is 2.09 bits per heavy atom. The van der Waals surface area contributed by atoms with E-state index in [2.05, 4.69) is 4.74 Å². The van der Waals surface area contributed by atoms with Crippen LogP contribution in [0.4, 0.5) is 13.2 Å². The molecule has 0 amide bonds. The fourth-order valence-corrected chi connectivity index (χ4v) is 1.91.